The standard InChI is InChI=1S/C14H19NO/c1-3-11-7-5-8-12(4-2)14(11)15-10-6-9-13(15)16/h5,7-8H,3-4,6,9-10H2,1-2H3. The molecular weight excluding hydrogens is 198 g/mol. The van der Waals surface area contributed by atoms with Crippen LogP contribution in [-0.4, -0.2) is 12.5 Å². The van der Waals surface area contributed by atoms with Crippen molar-refractivity contribution in [2.45, 2.75) is 39.5 Å². The summed E-state index contributed by atoms with van der Waals surface area (Å²) in [5.41, 5.74) is 3.79. The van der Waals surface area contributed by atoms with Crippen molar-refractivity contribution in [2.24, 2.45) is 0 Å². The van der Waals surface area contributed by atoms with Crippen molar-refractivity contribution >= 4 is 11.6 Å². The number of nitrogens with zero attached hydrogens (tertiary/aromatic N) is 1. The molecule has 0 atom stereocenters. The molecule has 1 aliphatic rings. The van der Waals surface area contributed by atoms with Gasteiger partial charge in [0.1, 0.15) is 0 Å². The first-order valence-corrected chi connectivity index (χ1v) is 6.19. The third-order valence-electron chi connectivity index (χ3n) is 3.31. The third-order valence-corrected chi connectivity index (χ3v) is 3.31. The van der Waals surface area contributed by atoms with Crippen LogP contribution in [0.5, 0.6) is 0 Å². The van der Waals surface area contributed by atoms with Gasteiger partial charge in [-0.1, -0.05) is 32.0 Å². The lowest BCUT2D eigenvalue weighted by atomic mass is 10.0. The van der Waals surface area contributed by atoms with Gasteiger partial charge in [-0.25, -0.2) is 0 Å². The average Bonchev–Trinajstić information content (AvgIpc) is 2.74. The van der Waals surface area contributed by atoms with E-state index in [4.69, 9.17) is 0 Å². The normalized spacial score (nSPS) is 15.9. The monoisotopic (exact) mass is 217 g/mol. The molecule has 1 fully saturated rings. The number of anilines is 1. The maximum Gasteiger partial charge on any atom is 0.227 e. The Morgan fingerprint density at radius 1 is 1.19 bits per heavy atom. The highest BCUT2D eigenvalue weighted by Gasteiger charge is 2.24. The van der Waals surface area contributed by atoms with Crippen LogP contribution in [0.2, 0.25) is 0 Å². The minimum atomic E-state index is 0.288. The van der Waals surface area contributed by atoms with E-state index in [1.165, 1.54) is 16.8 Å². The molecule has 2 heteroatoms. The largest absolute Gasteiger partial charge is 0.312 e. The van der Waals surface area contributed by atoms with Crippen molar-refractivity contribution in [3.8, 4) is 0 Å². The van der Waals surface area contributed by atoms with Crippen LogP contribution in [0.15, 0.2) is 18.2 Å². The smallest absolute Gasteiger partial charge is 0.227 e. The fourth-order valence-corrected chi connectivity index (χ4v) is 2.45. The Hall–Kier alpha value is -1.31. The minimum Gasteiger partial charge on any atom is -0.312 e. The highest BCUT2D eigenvalue weighted by Crippen LogP contribution is 2.30. The number of amides is 1. The van der Waals surface area contributed by atoms with Crippen LogP contribution in [0.25, 0.3) is 0 Å². The molecule has 0 spiro atoms. The van der Waals surface area contributed by atoms with Crippen LogP contribution < -0.4 is 4.90 Å². The van der Waals surface area contributed by atoms with Crippen molar-refractivity contribution < 1.29 is 4.79 Å². The van der Waals surface area contributed by atoms with E-state index >= 15 is 0 Å². The molecule has 1 aliphatic heterocycles. The Bertz CT molecular complexity index is 375. The van der Waals surface area contributed by atoms with Crippen molar-refractivity contribution in [2.75, 3.05) is 11.4 Å². The molecule has 1 heterocycles. The predicted octanol–water partition coefficient (Wildman–Crippen LogP) is 2.94. The molecule has 1 aromatic carbocycles. The van der Waals surface area contributed by atoms with Gasteiger partial charge in [0.25, 0.3) is 0 Å². The number of carbonyl (C=O) groups is 1. The van der Waals surface area contributed by atoms with E-state index in [2.05, 4.69) is 32.0 Å². The summed E-state index contributed by atoms with van der Waals surface area (Å²) in [5, 5.41) is 0. The molecule has 0 saturated carbocycles. The third kappa shape index (κ3) is 1.84. The van der Waals surface area contributed by atoms with Gasteiger partial charge in [-0.3, -0.25) is 4.79 Å². The highest BCUT2D eigenvalue weighted by atomic mass is 16.2. The SMILES string of the molecule is CCc1cccc(CC)c1N1CCCC1=O. The van der Waals surface area contributed by atoms with Crippen LogP contribution in [0.4, 0.5) is 5.69 Å². The quantitative estimate of drug-likeness (QED) is 0.762. The van der Waals surface area contributed by atoms with Gasteiger partial charge in [-0.2, -0.15) is 0 Å². The lowest BCUT2D eigenvalue weighted by Crippen LogP contribution is -2.26. The van der Waals surface area contributed by atoms with E-state index in [1.807, 2.05) is 4.90 Å². The number of rotatable bonds is 3. The van der Waals surface area contributed by atoms with Gasteiger partial charge in [-0.15, -0.1) is 0 Å². The molecule has 0 aliphatic carbocycles. The summed E-state index contributed by atoms with van der Waals surface area (Å²) in [6.45, 7) is 5.19. The molecule has 0 N–H and O–H groups in total. The predicted molar refractivity (Wildman–Crippen MR) is 66.8 cm³/mol. The Labute approximate surface area is 97.3 Å². The maximum atomic E-state index is 11.8. The lowest BCUT2D eigenvalue weighted by Gasteiger charge is -2.22. The van der Waals surface area contributed by atoms with Gasteiger partial charge in [-0.05, 0) is 30.4 Å². The number of hydrogen-bond donors (Lipinski definition) is 0. The molecule has 0 bridgehead atoms. The molecule has 16 heavy (non-hydrogen) atoms. The summed E-state index contributed by atoms with van der Waals surface area (Å²) >= 11 is 0. The number of benzene rings is 1. The van der Waals surface area contributed by atoms with Crippen LogP contribution in [-0.2, 0) is 17.6 Å². The molecule has 1 aromatic rings. The van der Waals surface area contributed by atoms with E-state index < -0.39 is 0 Å². The van der Waals surface area contributed by atoms with Crippen LogP contribution in [0.1, 0.15) is 37.8 Å². The Morgan fingerprint density at radius 2 is 1.81 bits per heavy atom. The summed E-state index contributed by atoms with van der Waals surface area (Å²) < 4.78 is 0. The Balaban J connectivity index is 2.47. The molecule has 2 nitrogen and oxygen atoms in total. The molecule has 86 valence electrons. The Kier molecular flexibility index (Phi) is 3.28. The van der Waals surface area contributed by atoms with Gasteiger partial charge < -0.3 is 4.90 Å². The van der Waals surface area contributed by atoms with Gasteiger partial charge in [0.2, 0.25) is 5.91 Å². The first-order valence-electron chi connectivity index (χ1n) is 6.19. The average molecular weight is 217 g/mol. The van der Waals surface area contributed by atoms with E-state index in [-0.39, 0.29) is 5.91 Å². The molecule has 0 unspecified atom stereocenters. The summed E-state index contributed by atoms with van der Waals surface area (Å²) in [6.07, 6.45) is 3.70. The van der Waals surface area contributed by atoms with Crippen molar-refractivity contribution in [3.05, 3.63) is 29.3 Å². The zero-order chi connectivity index (χ0) is 11.5. The summed E-state index contributed by atoms with van der Waals surface area (Å²) in [5.74, 6) is 0.288. The first kappa shape index (κ1) is 11.2. The van der Waals surface area contributed by atoms with E-state index in [9.17, 15) is 4.79 Å². The van der Waals surface area contributed by atoms with Crippen molar-refractivity contribution in [1.29, 1.82) is 0 Å². The second-order valence-corrected chi connectivity index (χ2v) is 4.28. The molecule has 0 aromatic heterocycles. The summed E-state index contributed by atoms with van der Waals surface area (Å²) in [7, 11) is 0. The van der Waals surface area contributed by atoms with Gasteiger partial charge in [0.15, 0.2) is 0 Å². The van der Waals surface area contributed by atoms with Gasteiger partial charge in [0, 0.05) is 18.7 Å². The van der Waals surface area contributed by atoms with Gasteiger partial charge in [0.05, 0.1) is 0 Å². The van der Waals surface area contributed by atoms with Gasteiger partial charge >= 0.3 is 0 Å². The fourth-order valence-electron chi connectivity index (χ4n) is 2.45. The maximum absolute atomic E-state index is 11.8. The zero-order valence-corrected chi connectivity index (χ0v) is 10.1. The zero-order valence-electron chi connectivity index (χ0n) is 10.1. The number of aryl methyl sites for hydroxylation is 2. The van der Waals surface area contributed by atoms with Crippen LogP contribution >= 0.6 is 0 Å². The van der Waals surface area contributed by atoms with E-state index in [1.54, 1.807) is 0 Å². The van der Waals surface area contributed by atoms with Crippen LogP contribution in [0.3, 0.4) is 0 Å². The fraction of sp³-hybridized carbons (Fsp3) is 0.500. The minimum absolute atomic E-state index is 0.288. The lowest BCUT2D eigenvalue weighted by molar-refractivity contribution is -0.117. The number of hydrogen-bond acceptors (Lipinski definition) is 1. The van der Waals surface area contributed by atoms with Crippen LogP contribution in [0, 0.1) is 0 Å². The highest BCUT2D eigenvalue weighted by molar-refractivity contribution is 5.96. The first-order chi connectivity index (χ1) is 7.77. The van der Waals surface area contributed by atoms with Crippen molar-refractivity contribution in [1.82, 2.24) is 0 Å². The second-order valence-electron chi connectivity index (χ2n) is 4.28. The molecule has 1 saturated heterocycles. The molecule has 1 amide bonds. The van der Waals surface area contributed by atoms with E-state index in [0.29, 0.717) is 6.42 Å². The number of para-hydroxylation sites is 1. The summed E-state index contributed by atoms with van der Waals surface area (Å²) in [6, 6.07) is 6.38. The topological polar surface area (TPSA) is 20.3 Å². The second kappa shape index (κ2) is 4.69. The molecular formula is C14H19NO. The van der Waals surface area contributed by atoms with E-state index in [0.717, 1.165) is 25.8 Å². The molecule has 0 radical (unpaired) electrons. The number of carbonyl (C=O) groups excluding carboxylic acids is 1. The summed E-state index contributed by atoms with van der Waals surface area (Å²) in [4.78, 5) is 13.8. The molecule has 2 rings (SSSR count). The Morgan fingerprint density at radius 3 is 2.25 bits per heavy atom. The van der Waals surface area contributed by atoms with Crippen molar-refractivity contribution in [3.63, 3.8) is 0 Å².